The average molecular weight is 806 g/mol. The van der Waals surface area contributed by atoms with Crippen LogP contribution in [0.4, 0.5) is 9.18 Å². The number of terminal acetylenes is 1. The number of rotatable bonds is 12. The molecule has 3 fully saturated rings. The Morgan fingerprint density at radius 3 is 2.54 bits per heavy atom. The molecule has 0 bridgehead atoms. The van der Waals surface area contributed by atoms with Crippen molar-refractivity contribution in [3.63, 3.8) is 0 Å². The van der Waals surface area contributed by atoms with E-state index in [0.717, 1.165) is 59.7 Å². The van der Waals surface area contributed by atoms with Crippen molar-refractivity contribution in [2.24, 2.45) is 0 Å². The molecule has 0 spiro atoms. The molecule has 0 radical (unpaired) electrons. The van der Waals surface area contributed by atoms with Gasteiger partial charge in [-0.15, -0.1) is 6.42 Å². The van der Waals surface area contributed by atoms with Gasteiger partial charge in [-0.2, -0.15) is 15.1 Å². The molecule has 12 nitrogen and oxygen atoms in total. The number of methoxy groups -OCH3 is 1. The number of likely N-dealkylation sites (tertiary alicyclic amines) is 1. The SMILES string of the molecule is C#Cc1ccc(COc2c(-c3c(C)c(F)cc4c3cnn4C3CCCCO3)c(C3CC3)cc3c(O[C@@H]4CCN(C(=O)OC(C)(C)C)C4)nc(OC[C@H](C)OC)nc23)cc1. The van der Waals surface area contributed by atoms with Gasteiger partial charge in [0.15, 0.2) is 12.0 Å². The molecular formula is C46H52FN5O7. The van der Waals surface area contributed by atoms with Gasteiger partial charge in [0.1, 0.15) is 36.3 Å². The highest BCUT2D eigenvalue weighted by molar-refractivity contribution is 6.05. The summed E-state index contributed by atoms with van der Waals surface area (Å²) < 4.78 is 55.4. The van der Waals surface area contributed by atoms with Crippen molar-refractivity contribution >= 4 is 27.9 Å². The van der Waals surface area contributed by atoms with Crippen LogP contribution in [0.25, 0.3) is 32.9 Å². The van der Waals surface area contributed by atoms with Crippen LogP contribution in [0.1, 0.15) is 101 Å². The summed E-state index contributed by atoms with van der Waals surface area (Å²) in [5, 5.41) is 6.21. The van der Waals surface area contributed by atoms with Gasteiger partial charge in [0.2, 0.25) is 5.88 Å². The Morgan fingerprint density at radius 1 is 1.05 bits per heavy atom. The van der Waals surface area contributed by atoms with E-state index in [4.69, 9.17) is 49.9 Å². The first-order valence-corrected chi connectivity index (χ1v) is 20.6. The largest absolute Gasteiger partial charge is 0.486 e. The van der Waals surface area contributed by atoms with Crippen LogP contribution in [-0.4, -0.2) is 82.0 Å². The number of fused-ring (bicyclic) bond motifs is 2. The highest BCUT2D eigenvalue weighted by Gasteiger charge is 2.36. The lowest BCUT2D eigenvalue weighted by Gasteiger charge is -2.25. The first-order valence-electron chi connectivity index (χ1n) is 20.6. The zero-order valence-corrected chi connectivity index (χ0v) is 34.7. The summed E-state index contributed by atoms with van der Waals surface area (Å²) in [6, 6.07) is 11.3. The molecule has 4 heterocycles. The molecule has 3 aromatic carbocycles. The van der Waals surface area contributed by atoms with Gasteiger partial charge in [-0.1, -0.05) is 18.1 Å². The van der Waals surface area contributed by atoms with Gasteiger partial charge in [0.25, 0.3) is 0 Å². The maximum absolute atomic E-state index is 16.4. The van der Waals surface area contributed by atoms with E-state index in [1.165, 1.54) is 0 Å². The molecule has 3 aliphatic rings. The number of carbonyl (C=O) groups excluding carboxylic acids is 1. The topological polar surface area (TPSA) is 119 Å². The van der Waals surface area contributed by atoms with Crippen LogP contribution < -0.4 is 14.2 Å². The highest BCUT2D eigenvalue weighted by Crippen LogP contribution is 2.53. The van der Waals surface area contributed by atoms with Gasteiger partial charge >= 0.3 is 12.1 Å². The van der Waals surface area contributed by atoms with Crippen molar-refractivity contribution in [3.8, 4) is 41.1 Å². The van der Waals surface area contributed by atoms with Crippen molar-refractivity contribution in [2.45, 2.75) is 110 Å². The number of benzene rings is 3. The third-order valence-electron chi connectivity index (χ3n) is 11.1. The number of ether oxygens (including phenoxy) is 6. The van der Waals surface area contributed by atoms with Gasteiger partial charge in [0, 0.05) is 54.8 Å². The molecule has 1 saturated carbocycles. The van der Waals surface area contributed by atoms with Gasteiger partial charge in [-0.05, 0) is 108 Å². The van der Waals surface area contributed by atoms with Crippen molar-refractivity contribution < 1.29 is 37.6 Å². The molecule has 1 unspecified atom stereocenters. The molecule has 2 aromatic heterocycles. The molecule has 0 N–H and O–H groups in total. The number of nitrogens with zero attached hydrogens (tertiary/aromatic N) is 5. The Balaban J connectivity index is 1.32. The second kappa shape index (κ2) is 16.7. The first-order chi connectivity index (χ1) is 28.4. The van der Waals surface area contributed by atoms with Gasteiger partial charge in [0.05, 0.1) is 29.7 Å². The second-order valence-electron chi connectivity index (χ2n) is 16.8. The average Bonchev–Trinajstić information content (AvgIpc) is 3.82. The minimum atomic E-state index is -0.630. The van der Waals surface area contributed by atoms with Crippen molar-refractivity contribution in [1.29, 1.82) is 0 Å². The van der Waals surface area contributed by atoms with E-state index in [2.05, 4.69) is 12.0 Å². The Hall–Kier alpha value is -5.45. The molecule has 8 rings (SSSR count). The number of halogens is 1. The van der Waals surface area contributed by atoms with E-state index < -0.39 is 11.7 Å². The molecule has 2 saturated heterocycles. The van der Waals surface area contributed by atoms with E-state index >= 15 is 4.39 Å². The van der Waals surface area contributed by atoms with Crippen molar-refractivity contribution in [1.82, 2.24) is 24.6 Å². The fraction of sp³-hybridized carbons (Fsp3) is 0.478. The van der Waals surface area contributed by atoms with Crippen molar-refractivity contribution in [2.75, 3.05) is 33.4 Å². The summed E-state index contributed by atoms with van der Waals surface area (Å²) in [4.78, 5) is 24.5. The smallest absolute Gasteiger partial charge is 0.410 e. The Kier molecular flexibility index (Phi) is 11.4. The third kappa shape index (κ3) is 8.66. The van der Waals surface area contributed by atoms with Crippen molar-refractivity contribution in [3.05, 3.63) is 70.7 Å². The lowest BCUT2D eigenvalue weighted by atomic mass is 9.88. The molecule has 5 aromatic rings. The maximum Gasteiger partial charge on any atom is 0.410 e. The fourth-order valence-electron chi connectivity index (χ4n) is 7.79. The van der Waals surface area contributed by atoms with E-state index in [9.17, 15) is 4.79 Å². The lowest BCUT2D eigenvalue weighted by Crippen LogP contribution is -2.36. The zero-order chi connectivity index (χ0) is 41.4. The van der Waals surface area contributed by atoms with Crippen LogP contribution in [0.2, 0.25) is 0 Å². The minimum Gasteiger partial charge on any atom is -0.486 e. The molecule has 1 amide bonds. The van der Waals surface area contributed by atoms with Gasteiger partial charge < -0.3 is 33.3 Å². The van der Waals surface area contributed by atoms with Gasteiger partial charge in [-0.25, -0.2) is 13.9 Å². The number of hydrogen-bond acceptors (Lipinski definition) is 10. The Morgan fingerprint density at radius 2 is 1.85 bits per heavy atom. The minimum absolute atomic E-state index is 0.0649. The van der Waals surface area contributed by atoms with Crippen LogP contribution >= 0.6 is 0 Å². The van der Waals surface area contributed by atoms with Crippen LogP contribution in [-0.2, 0) is 20.8 Å². The number of carbonyl (C=O) groups is 1. The molecular weight excluding hydrogens is 754 g/mol. The van der Waals surface area contributed by atoms with E-state index in [-0.39, 0.29) is 49.4 Å². The Bertz CT molecular complexity index is 2390. The molecule has 310 valence electrons. The highest BCUT2D eigenvalue weighted by atomic mass is 19.1. The summed E-state index contributed by atoms with van der Waals surface area (Å²) in [6.45, 7) is 11.0. The van der Waals surface area contributed by atoms with Crippen LogP contribution in [0.5, 0.6) is 17.6 Å². The van der Waals surface area contributed by atoms with Crippen LogP contribution in [0.3, 0.4) is 0 Å². The summed E-state index contributed by atoms with van der Waals surface area (Å²) >= 11 is 0. The Labute approximate surface area is 344 Å². The van der Waals surface area contributed by atoms with Crippen LogP contribution in [0, 0.1) is 25.1 Å². The predicted octanol–water partition coefficient (Wildman–Crippen LogP) is 9.03. The molecule has 1 aliphatic carbocycles. The maximum atomic E-state index is 16.4. The molecule has 3 atom stereocenters. The molecule has 13 heteroatoms. The lowest BCUT2D eigenvalue weighted by molar-refractivity contribution is -0.0366. The summed E-state index contributed by atoms with van der Waals surface area (Å²) in [5.41, 5.74) is 4.96. The molecule has 59 heavy (non-hydrogen) atoms. The second-order valence-corrected chi connectivity index (χ2v) is 16.8. The molecule has 2 aliphatic heterocycles. The quantitative estimate of drug-likeness (QED) is 0.113. The summed E-state index contributed by atoms with van der Waals surface area (Å²) in [5.74, 6) is 3.22. The number of amides is 1. The summed E-state index contributed by atoms with van der Waals surface area (Å²) in [7, 11) is 1.61. The van der Waals surface area contributed by atoms with E-state index in [0.29, 0.717) is 65.3 Å². The number of hydrogen-bond donors (Lipinski definition) is 0. The zero-order valence-electron chi connectivity index (χ0n) is 34.7. The third-order valence-corrected chi connectivity index (χ3v) is 11.1. The monoisotopic (exact) mass is 805 g/mol. The van der Waals surface area contributed by atoms with Crippen LogP contribution in [0.15, 0.2) is 42.6 Å². The van der Waals surface area contributed by atoms with Gasteiger partial charge in [-0.3, -0.25) is 0 Å². The normalized spacial score (nSPS) is 18.8. The summed E-state index contributed by atoms with van der Waals surface area (Å²) in [6.07, 6.45) is 11.4. The standard InChI is InChI=1S/C46H52FN5O7/c1-8-29-12-14-30(15-13-29)26-56-42-40(39-28(3)36(47)22-37-35(39)23-48-52(37)38-11-9-10-20-55-38)33(31-16-17-31)21-34-41(42)49-44(57-25-27(2)54-7)50-43(34)58-32-18-19-51(24-32)45(53)59-46(4,5)6/h1,12-15,21-23,27,31-32,38H,9-11,16-20,24-26H2,2-7H3/t27-,32+,38?/m0/s1. The van der Waals surface area contributed by atoms with E-state index in [1.54, 1.807) is 25.0 Å². The fourth-order valence-corrected chi connectivity index (χ4v) is 7.79. The van der Waals surface area contributed by atoms with E-state index in [1.807, 2.05) is 62.8 Å². The first kappa shape index (κ1) is 40.3. The predicted molar refractivity (Wildman–Crippen MR) is 221 cm³/mol. The number of aromatic nitrogens is 4.